The molecule has 0 aliphatic heterocycles. The van der Waals surface area contributed by atoms with Gasteiger partial charge < -0.3 is 24.4 Å². The van der Waals surface area contributed by atoms with Crippen molar-refractivity contribution >= 4 is 11.9 Å². The maximum atomic E-state index is 12.3. The first-order chi connectivity index (χ1) is 18.7. The molecule has 1 aromatic rings. The van der Waals surface area contributed by atoms with Crippen molar-refractivity contribution in [2.75, 3.05) is 19.8 Å². The zero-order chi connectivity index (χ0) is 29.9. The maximum Gasteiger partial charge on any atom is 0.336 e. The van der Waals surface area contributed by atoms with E-state index in [-0.39, 0.29) is 31.0 Å². The number of hydrogen-bond donors (Lipinski definition) is 2. The molecule has 0 spiro atoms. The van der Waals surface area contributed by atoms with E-state index in [1.807, 2.05) is 12.1 Å². The van der Waals surface area contributed by atoms with Crippen molar-refractivity contribution in [3.8, 4) is 5.75 Å². The number of carbonyl (C=O) groups excluding carboxylic acids is 2. The van der Waals surface area contributed by atoms with Gasteiger partial charge in [0.2, 0.25) is 0 Å². The van der Waals surface area contributed by atoms with Gasteiger partial charge in [0, 0.05) is 0 Å². The molecule has 7 heteroatoms. The minimum Gasteiger partial charge on any atom is -0.493 e. The molecule has 0 aromatic heterocycles. The van der Waals surface area contributed by atoms with Gasteiger partial charge in [0.25, 0.3) is 0 Å². The second kappa shape index (κ2) is 15.4. The highest BCUT2D eigenvalue weighted by Crippen LogP contribution is 2.38. The van der Waals surface area contributed by atoms with Crippen LogP contribution in [0.15, 0.2) is 48.6 Å². The summed E-state index contributed by atoms with van der Waals surface area (Å²) in [6.45, 7) is 15.2. The lowest BCUT2D eigenvalue weighted by Gasteiger charge is -2.29. The van der Waals surface area contributed by atoms with Gasteiger partial charge in [-0.25, -0.2) is 9.59 Å². The van der Waals surface area contributed by atoms with Crippen LogP contribution >= 0.6 is 0 Å². The van der Waals surface area contributed by atoms with Crippen LogP contribution in [-0.4, -0.2) is 53.2 Å². The number of unbranched alkanes of at least 4 members (excludes halogenated alkanes) is 2. The number of esters is 2. The van der Waals surface area contributed by atoms with Crippen molar-refractivity contribution in [2.24, 2.45) is 11.8 Å². The van der Waals surface area contributed by atoms with Crippen LogP contribution in [-0.2, 0) is 19.1 Å². The van der Waals surface area contributed by atoms with Crippen LogP contribution in [0.1, 0.15) is 97.5 Å². The predicted octanol–water partition coefficient (Wildman–Crippen LogP) is 6.28. The Balaban J connectivity index is 1.94. The summed E-state index contributed by atoms with van der Waals surface area (Å²) in [4.78, 5) is 24.7. The number of hydrogen-bond acceptors (Lipinski definition) is 7. The van der Waals surface area contributed by atoms with Gasteiger partial charge in [0.15, 0.2) is 0 Å². The molecular weight excluding hydrogens is 508 g/mol. The van der Waals surface area contributed by atoms with Gasteiger partial charge in [-0.2, -0.15) is 0 Å². The van der Waals surface area contributed by atoms with E-state index in [0.29, 0.717) is 11.7 Å². The van der Waals surface area contributed by atoms with Crippen LogP contribution in [0.2, 0.25) is 0 Å². The zero-order valence-electron chi connectivity index (χ0n) is 25.2. The molecule has 40 heavy (non-hydrogen) atoms. The normalized spacial score (nSPS) is 17.8. The Hall–Kier alpha value is -2.64. The van der Waals surface area contributed by atoms with Gasteiger partial charge in [0.05, 0.1) is 34.9 Å². The van der Waals surface area contributed by atoms with Gasteiger partial charge in [0.1, 0.15) is 19.0 Å². The number of carbonyl (C=O) groups is 2. The zero-order valence-corrected chi connectivity index (χ0v) is 25.2. The van der Waals surface area contributed by atoms with Crippen LogP contribution in [0.4, 0.5) is 0 Å². The molecule has 224 valence electrons. The summed E-state index contributed by atoms with van der Waals surface area (Å²) in [7, 11) is 0. The van der Waals surface area contributed by atoms with Crippen molar-refractivity contribution in [2.45, 2.75) is 103 Å². The molecule has 2 rings (SSSR count). The highest BCUT2D eigenvalue weighted by atomic mass is 16.6. The smallest absolute Gasteiger partial charge is 0.336 e. The van der Waals surface area contributed by atoms with Gasteiger partial charge in [-0.3, -0.25) is 0 Å². The van der Waals surface area contributed by atoms with Gasteiger partial charge >= 0.3 is 11.9 Å². The van der Waals surface area contributed by atoms with Crippen LogP contribution < -0.4 is 4.74 Å². The molecule has 7 nitrogen and oxygen atoms in total. The summed E-state index contributed by atoms with van der Waals surface area (Å²) < 4.78 is 16.7. The number of benzene rings is 1. The Bertz CT molecular complexity index is 932. The molecule has 0 atom stereocenters. The molecular formula is C33H50O7. The Labute approximate surface area is 240 Å². The van der Waals surface area contributed by atoms with E-state index in [0.717, 1.165) is 5.92 Å². The molecule has 0 amide bonds. The van der Waals surface area contributed by atoms with Crippen molar-refractivity contribution in [3.05, 3.63) is 54.1 Å². The Morgan fingerprint density at radius 1 is 0.850 bits per heavy atom. The van der Waals surface area contributed by atoms with E-state index in [2.05, 4.69) is 32.2 Å². The molecule has 2 N–H and O–H groups in total. The molecule has 1 fully saturated rings. The number of aliphatic hydroxyl groups is 2. The Morgan fingerprint density at radius 2 is 1.35 bits per heavy atom. The van der Waals surface area contributed by atoms with Crippen LogP contribution in [0.3, 0.4) is 0 Å². The van der Waals surface area contributed by atoms with Crippen LogP contribution in [0.5, 0.6) is 5.75 Å². The molecule has 1 aliphatic rings. The summed E-state index contributed by atoms with van der Waals surface area (Å²) in [6, 6.07) is 8.13. The Kier molecular flexibility index (Phi) is 12.9. The fraction of sp³-hybridized carbons (Fsp3) is 0.636. The van der Waals surface area contributed by atoms with Crippen molar-refractivity contribution < 1.29 is 34.0 Å². The SMILES string of the molecule is C=C(C(=O)OCC(COC(=O)C(=C)C(C)(C)O)COc1ccc(C2CCC(CCCCC)CC2)cc1)C(C)(C)O. The van der Waals surface area contributed by atoms with Crippen molar-refractivity contribution in [1.82, 2.24) is 0 Å². The summed E-state index contributed by atoms with van der Waals surface area (Å²) in [5.41, 5.74) is -1.67. The summed E-state index contributed by atoms with van der Waals surface area (Å²) in [5.74, 6) is 0.132. The average Bonchev–Trinajstić information content (AvgIpc) is 2.91. The topological polar surface area (TPSA) is 102 Å². The van der Waals surface area contributed by atoms with Crippen molar-refractivity contribution in [3.63, 3.8) is 0 Å². The molecule has 1 aliphatic carbocycles. The maximum absolute atomic E-state index is 12.3. The monoisotopic (exact) mass is 558 g/mol. The second-order valence-corrected chi connectivity index (χ2v) is 12.2. The van der Waals surface area contributed by atoms with E-state index >= 15 is 0 Å². The molecule has 1 aromatic carbocycles. The van der Waals surface area contributed by atoms with E-state index in [1.165, 1.54) is 84.6 Å². The summed E-state index contributed by atoms with van der Waals surface area (Å²) in [6.07, 6.45) is 10.4. The lowest BCUT2D eigenvalue weighted by Crippen LogP contribution is -2.32. The standard InChI is InChI=1S/C33H50O7/c1-8-9-10-11-25-12-14-27(15-13-25)28-16-18-29(19-17-28)38-20-26(21-39-30(34)23(2)32(4,5)36)22-40-31(35)24(3)33(6,7)37/h16-19,25-27,36-37H,2-3,8-15,20-22H2,1,4-7H3. The highest BCUT2D eigenvalue weighted by Gasteiger charge is 2.28. The van der Waals surface area contributed by atoms with Gasteiger partial charge in [-0.05, 0) is 82.9 Å². The van der Waals surface area contributed by atoms with Crippen molar-refractivity contribution in [1.29, 1.82) is 0 Å². The predicted molar refractivity (Wildman–Crippen MR) is 157 cm³/mol. The molecule has 0 bridgehead atoms. The molecule has 0 radical (unpaired) electrons. The largest absolute Gasteiger partial charge is 0.493 e. The molecule has 0 saturated heterocycles. The second-order valence-electron chi connectivity index (χ2n) is 12.2. The number of ether oxygens (including phenoxy) is 3. The highest BCUT2D eigenvalue weighted by molar-refractivity contribution is 5.90. The minimum atomic E-state index is -1.42. The lowest BCUT2D eigenvalue weighted by molar-refractivity contribution is -0.146. The first kappa shape index (κ1) is 33.6. The summed E-state index contributed by atoms with van der Waals surface area (Å²) in [5, 5.41) is 20.1. The fourth-order valence-electron chi connectivity index (χ4n) is 4.72. The molecule has 1 saturated carbocycles. The first-order valence-corrected chi connectivity index (χ1v) is 14.6. The van der Waals surface area contributed by atoms with Gasteiger partial charge in [-0.15, -0.1) is 0 Å². The third kappa shape index (κ3) is 11.1. The van der Waals surface area contributed by atoms with Gasteiger partial charge in [-0.1, -0.05) is 57.9 Å². The van der Waals surface area contributed by atoms with Crippen LogP contribution in [0.25, 0.3) is 0 Å². The third-order valence-electron chi connectivity index (χ3n) is 7.77. The average molecular weight is 559 g/mol. The van der Waals surface area contributed by atoms with E-state index in [9.17, 15) is 19.8 Å². The molecule has 0 unspecified atom stereocenters. The summed E-state index contributed by atoms with van der Waals surface area (Å²) >= 11 is 0. The first-order valence-electron chi connectivity index (χ1n) is 14.6. The van der Waals surface area contributed by atoms with E-state index in [4.69, 9.17) is 14.2 Å². The van der Waals surface area contributed by atoms with Crippen LogP contribution in [0, 0.1) is 11.8 Å². The number of rotatable bonds is 16. The lowest BCUT2D eigenvalue weighted by atomic mass is 9.77. The minimum absolute atomic E-state index is 0.0786. The fourth-order valence-corrected chi connectivity index (χ4v) is 4.72. The molecule has 0 heterocycles. The quantitative estimate of drug-likeness (QED) is 0.140. The van der Waals surface area contributed by atoms with E-state index < -0.39 is 29.1 Å². The third-order valence-corrected chi connectivity index (χ3v) is 7.77. The Morgan fingerprint density at radius 3 is 1.80 bits per heavy atom. The van der Waals surface area contributed by atoms with E-state index in [1.54, 1.807) is 0 Å².